The number of ether oxygens (including phenoxy) is 1. The molecule has 1 saturated heterocycles. The summed E-state index contributed by atoms with van der Waals surface area (Å²) in [4.78, 5) is 12.3. The molecule has 2 fully saturated rings. The van der Waals surface area contributed by atoms with Crippen molar-refractivity contribution in [3.63, 3.8) is 0 Å². The lowest BCUT2D eigenvalue weighted by Crippen LogP contribution is -2.48. The van der Waals surface area contributed by atoms with E-state index in [1.807, 2.05) is 0 Å². The summed E-state index contributed by atoms with van der Waals surface area (Å²) >= 11 is 0. The zero-order valence-corrected chi connectivity index (χ0v) is 12.4. The Morgan fingerprint density at radius 1 is 1.32 bits per heavy atom. The summed E-state index contributed by atoms with van der Waals surface area (Å²) in [5, 5.41) is 3.22. The van der Waals surface area contributed by atoms with Crippen LogP contribution in [0.1, 0.15) is 52.9 Å². The Labute approximate surface area is 116 Å². The molecule has 2 aliphatic rings. The Balaban J connectivity index is 1.84. The van der Waals surface area contributed by atoms with E-state index in [0.717, 1.165) is 38.7 Å². The minimum Gasteiger partial charge on any atom is -0.375 e. The highest BCUT2D eigenvalue weighted by atomic mass is 16.5. The molecule has 2 rings (SSSR count). The number of amides is 1. The molecule has 4 heteroatoms. The summed E-state index contributed by atoms with van der Waals surface area (Å²) in [7, 11) is 0. The maximum Gasteiger partial charge on any atom is 0.223 e. The van der Waals surface area contributed by atoms with Crippen LogP contribution in [0.3, 0.4) is 0 Å². The van der Waals surface area contributed by atoms with Crippen LogP contribution in [0.2, 0.25) is 0 Å². The molecule has 0 bridgehead atoms. The standard InChI is InChI=1S/C15H28N2O2/c1-10-8-11(4-5-13(10)16)14(18)17-12-6-7-19-15(2,3)9-12/h10-13H,4-9,16H2,1-3H3,(H,17,18). The van der Waals surface area contributed by atoms with Gasteiger partial charge < -0.3 is 15.8 Å². The first-order chi connectivity index (χ1) is 8.87. The van der Waals surface area contributed by atoms with Crippen LogP contribution in [0.15, 0.2) is 0 Å². The predicted molar refractivity (Wildman–Crippen MR) is 75.7 cm³/mol. The average molecular weight is 268 g/mol. The first kappa shape index (κ1) is 14.8. The lowest BCUT2D eigenvalue weighted by Gasteiger charge is -2.37. The number of hydrogen-bond donors (Lipinski definition) is 2. The van der Waals surface area contributed by atoms with E-state index in [0.29, 0.717) is 5.92 Å². The topological polar surface area (TPSA) is 64.3 Å². The molecule has 1 aliphatic heterocycles. The van der Waals surface area contributed by atoms with Gasteiger partial charge in [-0.1, -0.05) is 6.92 Å². The first-order valence-electron chi connectivity index (χ1n) is 7.57. The van der Waals surface area contributed by atoms with Gasteiger partial charge in [-0.15, -0.1) is 0 Å². The molecule has 0 aromatic carbocycles. The Kier molecular flexibility index (Phi) is 4.51. The maximum atomic E-state index is 12.3. The van der Waals surface area contributed by atoms with Crippen LogP contribution in [0, 0.1) is 11.8 Å². The molecule has 0 aromatic rings. The zero-order chi connectivity index (χ0) is 14.0. The molecule has 1 heterocycles. The third kappa shape index (κ3) is 3.93. The van der Waals surface area contributed by atoms with Gasteiger partial charge in [-0.3, -0.25) is 4.79 Å². The van der Waals surface area contributed by atoms with Crippen LogP contribution in [0.4, 0.5) is 0 Å². The van der Waals surface area contributed by atoms with Crippen molar-refractivity contribution < 1.29 is 9.53 Å². The van der Waals surface area contributed by atoms with Crippen molar-refractivity contribution in [3.05, 3.63) is 0 Å². The van der Waals surface area contributed by atoms with E-state index in [4.69, 9.17) is 10.5 Å². The highest BCUT2D eigenvalue weighted by molar-refractivity contribution is 5.79. The molecule has 4 atom stereocenters. The van der Waals surface area contributed by atoms with Crippen molar-refractivity contribution in [2.24, 2.45) is 17.6 Å². The van der Waals surface area contributed by atoms with Gasteiger partial charge in [0, 0.05) is 24.6 Å². The monoisotopic (exact) mass is 268 g/mol. The van der Waals surface area contributed by atoms with Crippen LogP contribution < -0.4 is 11.1 Å². The van der Waals surface area contributed by atoms with E-state index in [9.17, 15) is 4.79 Å². The summed E-state index contributed by atoms with van der Waals surface area (Å²) in [6.07, 6.45) is 4.67. The van der Waals surface area contributed by atoms with Crippen molar-refractivity contribution in [2.75, 3.05) is 6.61 Å². The van der Waals surface area contributed by atoms with Crippen LogP contribution in [0.25, 0.3) is 0 Å². The fraction of sp³-hybridized carbons (Fsp3) is 0.933. The summed E-state index contributed by atoms with van der Waals surface area (Å²) in [5.74, 6) is 0.831. The minimum atomic E-state index is -0.113. The largest absolute Gasteiger partial charge is 0.375 e. The summed E-state index contributed by atoms with van der Waals surface area (Å²) in [5.41, 5.74) is 5.90. The maximum absolute atomic E-state index is 12.3. The van der Waals surface area contributed by atoms with E-state index in [-0.39, 0.29) is 29.5 Å². The zero-order valence-electron chi connectivity index (χ0n) is 12.4. The molecule has 4 nitrogen and oxygen atoms in total. The van der Waals surface area contributed by atoms with Gasteiger partial charge in [0.1, 0.15) is 0 Å². The molecule has 19 heavy (non-hydrogen) atoms. The average Bonchev–Trinajstić information content (AvgIpc) is 2.31. The summed E-state index contributed by atoms with van der Waals surface area (Å²) < 4.78 is 5.69. The van der Waals surface area contributed by atoms with Crippen molar-refractivity contribution >= 4 is 5.91 Å². The van der Waals surface area contributed by atoms with Crippen molar-refractivity contribution in [1.82, 2.24) is 5.32 Å². The molecule has 0 radical (unpaired) electrons. The van der Waals surface area contributed by atoms with Crippen LogP contribution in [-0.2, 0) is 9.53 Å². The van der Waals surface area contributed by atoms with Gasteiger partial charge in [0.25, 0.3) is 0 Å². The predicted octanol–water partition coefficient (Wildman–Crippen LogP) is 1.82. The number of carbonyl (C=O) groups excluding carboxylic acids is 1. The number of nitrogens with one attached hydrogen (secondary N) is 1. The second kappa shape index (κ2) is 5.80. The lowest BCUT2D eigenvalue weighted by molar-refractivity contribution is -0.129. The van der Waals surface area contributed by atoms with E-state index in [1.54, 1.807) is 0 Å². The molecule has 3 N–H and O–H groups in total. The van der Waals surface area contributed by atoms with Gasteiger partial charge in [-0.05, 0) is 51.9 Å². The van der Waals surface area contributed by atoms with Crippen molar-refractivity contribution in [3.8, 4) is 0 Å². The Morgan fingerprint density at radius 3 is 2.68 bits per heavy atom. The van der Waals surface area contributed by atoms with Crippen molar-refractivity contribution in [1.29, 1.82) is 0 Å². The lowest BCUT2D eigenvalue weighted by atomic mass is 9.78. The van der Waals surface area contributed by atoms with E-state index in [1.165, 1.54) is 0 Å². The minimum absolute atomic E-state index is 0.113. The molecule has 4 unspecified atom stereocenters. The normalized spacial score (nSPS) is 38.7. The van der Waals surface area contributed by atoms with Gasteiger partial charge in [0.05, 0.1) is 5.60 Å². The third-order valence-corrected chi connectivity index (χ3v) is 4.65. The Morgan fingerprint density at radius 2 is 2.05 bits per heavy atom. The summed E-state index contributed by atoms with van der Waals surface area (Å²) in [6, 6.07) is 0.535. The quantitative estimate of drug-likeness (QED) is 0.803. The molecule has 0 aromatic heterocycles. The summed E-state index contributed by atoms with van der Waals surface area (Å²) in [6.45, 7) is 7.07. The Bertz CT molecular complexity index is 330. The Hall–Kier alpha value is -0.610. The number of nitrogens with two attached hydrogens (primary N) is 1. The number of rotatable bonds is 2. The molecule has 0 spiro atoms. The smallest absolute Gasteiger partial charge is 0.223 e. The van der Waals surface area contributed by atoms with Crippen LogP contribution in [0.5, 0.6) is 0 Å². The fourth-order valence-corrected chi connectivity index (χ4v) is 3.33. The molecular weight excluding hydrogens is 240 g/mol. The van der Waals surface area contributed by atoms with Gasteiger partial charge in [0.2, 0.25) is 5.91 Å². The van der Waals surface area contributed by atoms with Gasteiger partial charge in [-0.25, -0.2) is 0 Å². The third-order valence-electron chi connectivity index (χ3n) is 4.65. The molecule has 1 aliphatic carbocycles. The van der Waals surface area contributed by atoms with Gasteiger partial charge >= 0.3 is 0 Å². The second-order valence-corrected chi connectivity index (χ2v) is 6.96. The highest BCUT2D eigenvalue weighted by Gasteiger charge is 2.33. The number of hydrogen-bond acceptors (Lipinski definition) is 3. The van der Waals surface area contributed by atoms with Crippen LogP contribution in [-0.4, -0.2) is 30.2 Å². The number of carbonyl (C=O) groups is 1. The molecule has 1 saturated carbocycles. The van der Waals surface area contributed by atoms with E-state index < -0.39 is 0 Å². The second-order valence-electron chi connectivity index (χ2n) is 6.96. The van der Waals surface area contributed by atoms with E-state index in [2.05, 4.69) is 26.1 Å². The molecule has 110 valence electrons. The van der Waals surface area contributed by atoms with Crippen molar-refractivity contribution in [2.45, 2.75) is 70.6 Å². The first-order valence-corrected chi connectivity index (χ1v) is 7.57. The van der Waals surface area contributed by atoms with Gasteiger partial charge in [-0.2, -0.15) is 0 Å². The highest BCUT2D eigenvalue weighted by Crippen LogP contribution is 2.29. The molecule has 1 amide bonds. The molecular formula is C15H28N2O2. The van der Waals surface area contributed by atoms with Crippen LogP contribution >= 0.6 is 0 Å². The van der Waals surface area contributed by atoms with E-state index >= 15 is 0 Å². The van der Waals surface area contributed by atoms with Gasteiger partial charge in [0.15, 0.2) is 0 Å². The SMILES string of the molecule is CC1CC(C(=O)NC2CCOC(C)(C)C2)CCC1N. The fourth-order valence-electron chi connectivity index (χ4n) is 3.33.